The first-order chi connectivity index (χ1) is 7.13. The maximum atomic E-state index is 5.58. The third kappa shape index (κ3) is 4.47. The number of rotatable bonds is 5. The summed E-state index contributed by atoms with van der Waals surface area (Å²) in [5.74, 6) is 0.961. The molecule has 2 N–H and O–H groups in total. The van der Waals surface area contributed by atoms with Crippen molar-refractivity contribution in [2.45, 2.75) is 52.0 Å². The third-order valence-corrected chi connectivity index (χ3v) is 3.63. The molecule has 0 aromatic rings. The van der Waals surface area contributed by atoms with Gasteiger partial charge in [-0.3, -0.25) is 0 Å². The number of piperidine rings is 1. The van der Waals surface area contributed by atoms with E-state index >= 15 is 0 Å². The molecule has 0 spiro atoms. The largest absolute Gasteiger partial charge is 0.393 e. The molecule has 1 aliphatic rings. The summed E-state index contributed by atoms with van der Waals surface area (Å²) >= 11 is 4.96. The fourth-order valence-electron chi connectivity index (χ4n) is 2.51. The van der Waals surface area contributed by atoms with Crippen molar-refractivity contribution in [1.29, 1.82) is 0 Å². The van der Waals surface area contributed by atoms with E-state index in [9.17, 15) is 0 Å². The van der Waals surface area contributed by atoms with Crippen molar-refractivity contribution in [2.24, 2.45) is 11.7 Å². The van der Waals surface area contributed by atoms with E-state index in [0.29, 0.717) is 11.0 Å². The Morgan fingerprint density at radius 2 is 2.07 bits per heavy atom. The number of hydrogen-bond donors (Lipinski definition) is 1. The van der Waals surface area contributed by atoms with E-state index in [2.05, 4.69) is 18.7 Å². The average Bonchev–Trinajstić information content (AvgIpc) is 2.18. The molecule has 15 heavy (non-hydrogen) atoms. The summed E-state index contributed by atoms with van der Waals surface area (Å²) in [5, 5.41) is 0. The van der Waals surface area contributed by atoms with Crippen LogP contribution in [-0.2, 0) is 0 Å². The Morgan fingerprint density at radius 1 is 1.47 bits per heavy atom. The summed E-state index contributed by atoms with van der Waals surface area (Å²) in [6.07, 6.45) is 6.31. The summed E-state index contributed by atoms with van der Waals surface area (Å²) in [5.41, 5.74) is 5.58. The quantitative estimate of drug-likeness (QED) is 0.733. The van der Waals surface area contributed by atoms with Gasteiger partial charge in [0.25, 0.3) is 0 Å². The minimum Gasteiger partial charge on any atom is -0.393 e. The first-order valence-corrected chi connectivity index (χ1v) is 6.56. The van der Waals surface area contributed by atoms with Crippen molar-refractivity contribution in [3.63, 3.8) is 0 Å². The van der Waals surface area contributed by atoms with Crippen LogP contribution in [0.2, 0.25) is 0 Å². The SMILES string of the molecule is CCCC1CCN(C(C)CC(N)=S)CC1. The van der Waals surface area contributed by atoms with Gasteiger partial charge in [-0.05, 0) is 38.8 Å². The molecular formula is C12H24N2S. The van der Waals surface area contributed by atoms with Crippen molar-refractivity contribution < 1.29 is 0 Å². The van der Waals surface area contributed by atoms with E-state index in [4.69, 9.17) is 18.0 Å². The van der Waals surface area contributed by atoms with Gasteiger partial charge >= 0.3 is 0 Å². The molecule has 1 rings (SSSR count). The molecular weight excluding hydrogens is 204 g/mol. The molecule has 0 aromatic carbocycles. The van der Waals surface area contributed by atoms with Gasteiger partial charge in [0.1, 0.15) is 0 Å². The van der Waals surface area contributed by atoms with Gasteiger partial charge in [0, 0.05) is 12.5 Å². The van der Waals surface area contributed by atoms with Crippen molar-refractivity contribution in [3.8, 4) is 0 Å². The molecule has 0 aromatic heterocycles. The van der Waals surface area contributed by atoms with Crippen LogP contribution in [0.5, 0.6) is 0 Å². The minimum absolute atomic E-state index is 0.532. The smallest absolute Gasteiger partial charge is 0.0742 e. The molecule has 1 saturated heterocycles. The molecule has 88 valence electrons. The van der Waals surface area contributed by atoms with E-state index in [-0.39, 0.29) is 0 Å². The standard InChI is InChI=1S/C12H24N2S/c1-3-4-11-5-7-14(8-6-11)10(2)9-12(13)15/h10-11H,3-9H2,1-2H3,(H2,13,15). The van der Waals surface area contributed by atoms with E-state index in [1.165, 1.54) is 38.8 Å². The Hall–Kier alpha value is -0.150. The van der Waals surface area contributed by atoms with Gasteiger partial charge in [-0.2, -0.15) is 0 Å². The van der Waals surface area contributed by atoms with E-state index in [0.717, 1.165) is 12.3 Å². The lowest BCUT2D eigenvalue weighted by Crippen LogP contribution is -2.41. The van der Waals surface area contributed by atoms with Gasteiger partial charge in [0.15, 0.2) is 0 Å². The normalized spacial score (nSPS) is 21.5. The van der Waals surface area contributed by atoms with Crippen molar-refractivity contribution in [2.75, 3.05) is 13.1 Å². The predicted octanol–water partition coefficient (Wildman–Crippen LogP) is 2.56. The number of likely N-dealkylation sites (tertiary alicyclic amines) is 1. The zero-order valence-corrected chi connectivity index (χ0v) is 10.9. The van der Waals surface area contributed by atoms with Gasteiger partial charge < -0.3 is 10.6 Å². The minimum atomic E-state index is 0.532. The lowest BCUT2D eigenvalue weighted by atomic mass is 9.91. The predicted molar refractivity (Wildman–Crippen MR) is 70.1 cm³/mol. The lowest BCUT2D eigenvalue weighted by molar-refractivity contribution is 0.140. The Bertz CT molecular complexity index is 198. The highest BCUT2D eigenvalue weighted by Gasteiger charge is 2.22. The third-order valence-electron chi connectivity index (χ3n) is 3.47. The first-order valence-electron chi connectivity index (χ1n) is 6.15. The Kier molecular flexibility index (Phi) is 5.54. The summed E-state index contributed by atoms with van der Waals surface area (Å²) in [7, 11) is 0. The zero-order chi connectivity index (χ0) is 11.3. The molecule has 1 fully saturated rings. The highest BCUT2D eigenvalue weighted by atomic mass is 32.1. The maximum Gasteiger partial charge on any atom is 0.0742 e. The second-order valence-electron chi connectivity index (χ2n) is 4.79. The van der Waals surface area contributed by atoms with Crippen LogP contribution in [0.15, 0.2) is 0 Å². The molecule has 0 aliphatic carbocycles. The molecule has 0 amide bonds. The fourth-order valence-corrected chi connectivity index (χ4v) is 2.75. The second-order valence-corrected chi connectivity index (χ2v) is 5.31. The Morgan fingerprint density at radius 3 is 2.53 bits per heavy atom. The van der Waals surface area contributed by atoms with Gasteiger partial charge in [-0.25, -0.2) is 0 Å². The van der Waals surface area contributed by atoms with Gasteiger partial charge in [0.2, 0.25) is 0 Å². The Labute approximate surface area is 99.2 Å². The zero-order valence-electron chi connectivity index (χ0n) is 10.0. The van der Waals surface area contributed by atoms with Crippen molar-refractivity contribution in [3.05, 3.63) is 0 Å². The van der Waals surface area contributed by atoms with E-state index in [1.807, 2.05) is 0 Å². The number of thiocarbonyl (C=S) groups is 1. The molecule has 0 radical (unpaired) electrons. The lowest BCUT2D eigenvalue weighted by Gasteiger charge is -2.35. The molecule has 0 bridgehead atoms. The van der Waals surface area contributed by atoms with E-state index in [1.54, 1.807) is 0 Å². The first kappa shape index (κ1) is 12.9. The maximum absolute atomic E-state index is 5.58. The second kappa shape index (κ2) is 6.44. The number of nitrogens with zero attached hydrogens (tertiary/aromatic N) is 1. The highest BCUT2D eigenvalue weighted by molar-refractivity contribution is 7.80. The van der Waals surface area contributed by atoms with Crippen LogP contribution in [0.4, 0.5) is 0 Å². The van der Waals surface area contributed by atoms with E-state index < -0.39 is 0 Å². The van der Waals surface area contributed by atoms with Crippen LogP contribution in [0.3, 0.4) is 0 Å². The van der Waals surface area contributed by atoms with Gasteiger partial charge in [0.05, 0.1) is 4.99 Å². The monoisotopic (exact) mass is 228 g/mol. The van der Waals surface area contributed by atoms with Crippen LogP contribution in [0.25, 0.3) is 0 Å². The molecule has 3 heteroatoms. The van der Waals surface area contributed by atoms with Crippen LogP contribution in [0.1, 0.15) is 46.0 Å². The average molecular weight is 228 g/mol. The summed E-state index contributed by atoms with van der Waals surface area (Å²) in [6.45, 7) is 6.98. The molecule has 1 aliphatic heterocycles. The molecule has 1 unspecified atom stereocenters. The van der Waals surface area contributed by atoms with Crippen LogP contribution < -0.4 is 5.73 Å². The van der Waals surface area contributed by atoms with Gasteiger partial charge in [-0.15, -0.1) is 0 Å². The number of hydrogen-bond acceptors (Lipinski definition) is 2. The molecule has 1 heterocycles. The van der Waals surface area contributed by atoms with Crippen molar-refractivity contribution in [1.82, 2.24) is 4.90 Å². The molecule has 2 nitrogen and oxygen atoms in total. The van der Waals surface area contributed by atoms with Crippen LogP contribution in [0, 0.1) is 5.92 Å². The van der Waals surface area contributed by atoms with Gasteiger partial charge in [-0.1, -0.05) is 32.0 Å². The molecule has 0 saturated carbocycles. The fraction of sp³-hybridized carbons (Fsp3) is 0.917. The Balaban J connectivity index is 2.27. The topological polar surface area (TPSA) is 29.3 Å². The summed E-state index contributed by atoms with van der Waals surface area (Å²) < 4.78 is 0. The van der Waals surface area contributed by atoms with Crippen LogP contribution in [-0.4, -0.2) is 29.0 Å². The highest BCUT2D eigenvalue weighted by Crippen LogP contribution is 2.23. The van der Waals surface area contributed by atoms with Crippen molar-refractivity contribution >= 4 is 17.2 Å². The summed E-state index contributed by atoms with van der Waals surface area (Å²) in [6, 6.07) is 0.532. The number of nitrogens with two attached hydrogens (primary N) is 1. The van der Waals surface area contributed by atoms with Crippen LogP contribution >= 0.6 is 12.2 Å². The molecule has 1 atom stereocenters. The summed E-state index contributed by atoms with van der Waals surface area (Å²) in [4.78, 5) is 3.18.